The number of pyridine rings is 2. The second kappa shape index (κ2) is 12.6. The number of benzene rings is 3. The van der Waals surface area contributed by atoms with Crippen LogP contribution >= 0.6 is 0 Å². The first-order valence-electron chi connectivity index (χ1n) is 13.7. The van der Waals surface area contributed by atoms with Gasteiger partial charge in [0.05, 0.1) is 46.4 Å². The zero-order valence-corrected chi connectivity index (χ0v) is 23.0. The third kappa shape index (κ3) is 5.78. The van der Waals surface area contributed by atoms with E-state index in [1.165, 1.54) is 5.69 Å². The van der Waals surface area contributed by atoms with Gasteiger partial charge in [0.2, 0.25) is 5.69 Å². The number of anilines is 2. The first kappa shape index (κ1) is 27.2. The SMILES string of the molecule is CCN(CC)c1ccc2nc3ccc(N=Nc4ccc(N(CCO)CCO)cc4)cc3c(-[n+]3ccccc3)c2c1. The van der Waals surface area contributed by atoms with Gasteiger partial charge in [0.1, 0.15) is 0 Å². The minimum Gasteiger partial charge on any atom is -0.395 e. The second-order valence-electron chi connectivity index (χ2n) is 9.47. The minimum atomic E-state index is 0.0214. The highest BCUT2D eigenvalue weighted by molar-refractivity contribution is 6.03. The number of aliphatic hydroxyl groups excluding tert-OH is 2. The van der Waals surface area contributed by atoms with Gasteiger partial charge in [-0.25, -0.2) is 4.98 Å². The summed E-state index contributed by atoms with van der Waals surface area (Å²) in [6.07, 6.45) is 4.12. The molecule has 5 rings (SSSR count). The maximum absolute atomic E-state index is 9.31. The number of rotatable bonds is 11. The fourth-order valence-electron chi connectivity index (χ4n) is 5.03. The molecular weight excluding hydrogens is 500 g/mol. The second-order valence-corrected chi connectivity index (χ2v) is 9.47. The van der Waals surface area contributed by atoms with Crippen LogP contribution in [0, 0.1) is 0 Å². The van der Waals surface area contributed by atoms with Gasteiger partial charge in [-0.05, 0) is 74.5 Å². The molecule has 0 aliphatic carbocycles. The topological polar surface area (TPSA) is 88.4 Å². The molecule has 2 aromatic heterocycles. The van der Waals surface area contributed by atoms with Crippen LogP contribution in [0.2, 0.25) is 0 Å². The van der Waals surface area contributed by atoms with E-state index in [-0.39, 0.29) is 13.2 Å². The van der Waals surface area contributed by atoms with Gasteiger partial charge in [0, 0.05) is 49.7 Å². The Morgan fingerprint density at radius 3 is 1.90 bits per heavy atom. The standard InChI is InChI=1S/C32H35N6O2/c1-3-36(4-2)27-13-15-31-29(23-27)32(38-16-6-5-7-17-38)28-22-25(10-14-30(28)33-31)35-34-24-8-11-26(12-9-24)37(18-20-39)19-21-40/h5-17,22-23,39-40H,3-4,18-21H2,1-2H3/q+1. The third-order valence-electron chi connectivity index (χ3n) is 7.05. The molecule has 0 saturated heterocycles. The molecule has 0 fully saturated rings. The summed E-state index contributed by atoms with van der Waals surface area (Å²) in [5, 5.41) is 29.7. The molecule has 2 N–H and O–H groups in total. The summed E-state index contributed by atoms with van der Waals surface area (Å²) in [6, 6.07) is 26.2. The average Bonchev–Trinajstić information content (AvgIpc) is 3.00. The van der Waals surface area contributed by atoms with Gasteiger partial charge in [0.15, 0.2) is 12.4 Å². The predicted octanol–water partition coefficient (Wildman–Crippen LogP) is 5.72. The summed E-state index contributed by atoms with van der Waals surface area (Å²) >= 11 is 0. The number of aliphatic hydroxyl groups is 2. The van der Waals surface area contributed by atoms with Crippen molar-refractivity contribution in [3.8, 4) is 5.69 Å². The van der Waals surface area contributed by atoms with Gasteiger partial charge in [-0.15, -0.1) is 0 Å². The monoisotopic (exact) mass is 535 g/mol. The van der Waals surface area contributed by atoms with Crippen LogP contribution in [0.1, 0.15) is 13.8 Å². The number of azo groups is 1. The maximum Gasteiger partial charge on any atom is 0.229 e. The molecule has 40 heavy (non-hydrogen) atoms. The van der Waals surface area contributed by atoms with E-state index in [0.717, 1.165) is 57.6 Å². The molecule has 8 nitrogen and oxygen atoms in total. The zero-order valence-electron chi connectivity index (χ0n) is 23.0. The van der Waals surface area contributed by atoms with Crippen molar-refractivity contribution >= 4 is 44.6 Å². The van der Waals surface area contributed by atoms with Crippen molar-refractivity contribution in [2.45, 2.75) is 13.8 Å². The predicted molar refractivity (Wildman–Crippen MR) is 161 cm³/mol. The van der Waals surface area contributed by atoms with Crippen molar-refractivity contribution in [2.75, 3.05) is 49.2 Å². The summed E-state index contributed by atoms with van der Waals surface area (Å²) in [6.45, 7) is 7.17. The Hall–Kier alpha value is -4.40. The molecule has 0 atom stereocenters. The molecular formula is C32H35N6O2+. The van der Waals surface area contributed by atoms with E-state index in [0.29, 0.717) is 13.1 Å². The van der Waals surface area contributed by atoms with Gasteiger partial charge in [0.25, 0.3) is 0 Å². The van der Waals surface area contributed by atoms with Gasteiger partial charge >= 0.3 is 0 Å². The highest BCUT2D eigenvalue weighted by Crippen LogP contribution is 2.32. The molecule has 2 heterocycles. The van der Waals surface area contributed by atoms with Crippen LogP contribution < -0.4 is 14.4 Å². The summed E-state index contributed by atoms with van der Waals surface area (Å²) in [5.74, 6) is 0. The Bertz CT molecular complexity index is 1600. The van der Waals surface area contributed by atoms with E-state index in [4.69, 9.17) is 4.98 Å². The van der Waals surface area contributed by atoms with E-state index in [9.17, 15) is 10.2 Å². The Morgan fingerprint density at radius 2 is 1.25 bits per heavy atom. The third-order valence-corrected chi connectivity index (χ3v) is 7.05. The van der Waals surface area contributed by atoms with Gasteiger partial charge in [-0.3, -0.25) is 0 Å². The van der Waals surface area contributed by atoms with Crippen LogP contribution in [0.25, 0.3) is 27.5 Å². The quantitative estimate of drug-likeness (QED) is 0.128. The van der Waals surface area contributed by atoms with E-state index >= 15 is 0 Å². The van der Waals surface area contributed by atoms with Gasteiger partial charge < -0.3 is 20.0 Å². The van der Waals surface area contributed by atoms with Gasteiger partial charge in [-0.2, -0.15) is 14.8 Å². The van der Waals surface area contributed by atoms with Crippen molar-refractivity contribution < 1.29 is 14.8 Å². The number of nitrogens with zero attached hydrogens (tertiary/aromatic N) is 6. The van der Waals surface area contributed by atoms with E-state index in [2.05, 4.69) is 64.1 Å². The normalized spacial score (nSPS) is 11.5. The number of fused-ring (bicyclic) bond motifs is 2. The van der Waals surface area contributed by atoms with Crippen LogP contribution in [-0.4, -0.2) is 54.6 Å². The lowest BCUT2D eigenvalue weighted by atomic mass is 10.1. The van der Waals surface area contributed by atoms with Crippen molar-refractivity contribution in [3.05, 3.63) is 91.3 Å². The van der Waals surface area contributed by atoms with Crippen molar-refractivity contribution in [1.29, 1.82) is 0 Å². The molecule has 0 spiro atoms. The van der Waals surface area contributed by atoms with Crippen LogP contribution in [-0.2, 0) is 0 Å². The molecule has 5 aromatic rings. The van der Waals surface area contributed by atoms with Crippen molar-refractivity contribution in [1.82, 2.24) is 4.98 Å². The fraction of sp³-hybridized carbons (Fsp3) is 0.250. The van der Waals surface area contributed by atoms with Crippen LogP contribution in [0.4, 0.5) is 22.7 Å². The fourth-order valence-corrected chi connectivity index (χ4v) is 5.03. The Labute approximate surface area is 234 Å². The molecule has 0 aliphatic rings. The Kier molecular flexibility index (Phi) is 8.59. The van der Waals surface area contributed by atoms with E-state index in [1.807, 2.05) is 65.6 Å². The summed E-state index contributed by atoms with van der Waals surface area (Å²) in [4.78, 5) is 9.25. The number of aromatic nitrogens is 2. The van der Waals surface area contributed by atoms with Crippen LogP contribution in [0.5, 0.6) is 0 Å². The highest BCUT2D eigenvalue weighted by Gasteiger charge is 2.19. The van der Waals surface area contributed by atoms with Gasteiger partial charge in [-0.1, -0.05) is 6.07 Å². The Morgan fingerprint density at radius 1 is 0.675 bits per heavy atom. The smallest absolute Gasteiger partial charge is 0.229 e. The molecule has 3 aromatic carbocycles. The first-order valence-corrected chi connectivity index (χ1v) is 13.7. The first-order chi connectivity index (χ1) is 19.6. The summed E-state index contributed by atoms with van der Waals surface area (Å²) in [5.41, 5.74) is 6.44. The molecule has 8 heteroatoms. The summed E-state index contributed by atoms with van der Waals surface area (Å²) < 4.78 is 2.14. The Balaban J connectivity index is 1.56. The number of hydrogen-bond acceptors (Lipinski definition) is 7. The molecule has 204 valence electrons. The van der Waals surface area contributed by atoms with E-state index < -0.39 is 0 Å². The minimum absolute atomic E-state index is 0.0214. The molecule has 0 radical (unpaired) electrons. The van der Waals surface area contributed by atoms with Crippen molar-refractivity contribution in [3.63, 3.8) is 0 Å². The lowest BCUT2D eigenvalue weighted by Crippen LogP contribution is -2.30. The van der Waals surface area contributed by atoms with Crippen LogP contribution in [0.3, 0.4) is 0 Å². The lowest BCUT2D eigenvalue weighted by Gasteiger charge is -2.22. The average molecular weight is 536 g/mol. The molecule has 0 aliphatic heterocycles. The number of hydrogen-bond donors (Lipinski definition) is 2. The van der Waals surface area contributed by atoms with Crippen molar-refractivity contribution in [2.24, 2.45) is 10.2 Å². The molecule has 0 saturated carbocycles. The molecule has 0 amide bonds. The lowest BCUT2D eigenvalue weighted by molar-refractivity contribution is -0.592. The van der Waals surface area contributed by atoms with E-state index in [1.54, 1.807) is 0 Å². The maximum atomic E-state index is 9.31. The van der Waals surface area contributed by atoms with Crippen LogP contribution in [0.15, 0.2) is 101 Å². The molecule has 0 bridgehead atoms. The highest BCUT2D eigenvalue weighted by atomic mass is 16.3. The summed E-state index contributed by atoms with van der Waals surface area (Å²) in [7, 11) is 0. The zero-order chi connectivity index (χ0) is 27.9. The largest absolute Gasteiger partial charge is 0.395 e. The molecule has 0 unspecified atom stereocenters.